The minimum atomic E-state index is -3.77. The standard InChI is InChI=1S/C20H24ClN5O6S3/c21-15-1-5-17(6-2-15)34(28,29)22-10-9-19(27)24-25-20(33)23-16-3-7-18(8-4-16)35(30,31)26-11-13-32-14-12-26/h1-8,22H,9-14H2,(H,24,27)(H2,23,25,33). The molecule has 0 unspecified atom stereocenters. The summed E-state index contributed by atoms with van der Waals surface area (Å²) < 4.78 is 58.6. The number of benzene rings is 2. The van der Waals surface area contributed by atoms with E-state index >= 15 is 0 Å². The van der Waals surface area contributed by atoms with E-state index in [1.165, 1.54) is 40.7 Å². The lowest BCUT2D eigenvalue weighted by molar-refractivity contribution is -0.121. The number of thiocarbonyl (C=S) groups is 1. The highest BCUT2D eigenvalue weighted by molar-refractivity contribution is 7.89. The van der Waals surface area contributed by atoms with E-state index in [-0.39, 0.29) is 27.9 Å². The summed E-state index contributed by atoms with van der Waals surface area (Å²) in [6.45, 7) is 1.20. The molecule has 3 rings (SSSR count). The molecule has 0 aliphatic carbocycles. The van der Waals surface area contributed by atoms with Crippen molar-refractivity contribution in [3.8, 4) is 0 Å². The van der Waals surface area contributed by atoms with Crippen molar-refractivity contribution in [3.63, 3.8) is 0 Å². The lowest BCUT2D eigenvalue weighted by Crippen LogP contribution is -2.44. The topological polar surface area (TPSA) is 146 Å². The molecule has 0 bridgehead atoms. The van der Waals surface area contributed by atoms with Gasteiger partial charge in [-0.1, -0.05) is 11.6 Å². The molecule has 0 aromatic heterocycles. The fourth-order valence-electron chi connectivity index (χ4n) is 2.99. The second kappa shape index (κ2) is 12.1. The number of hydrogen-bond acceptors (Lipinski definition) is 7. The Hall–Kier alpha value is -2.33. The molecule has 0 radical (unpaired) electrons. The van der Waals surface area contributed by atoms with E-state index in [9.17, 15) is 21.6 Å². The van der Waals surface area contributed by atoms with Crippen LogP contribution in [0.15, 0.2) is 58.3 Å². The minimum Gasteiger partial charge on any atom is -0.379 e. The van der Waals surface area contributed by atoms with E-state index in [1.807, 2.05) is 0 Å². The van der Waals surface area contributed by atoms with Gasteiger partial charge in [-0.05, 0) is 60.7 Å². The van der Waals surface area contributed by atoms with Gasteiger partial charge in [-0.3, -0.25) is 15.6 Å². The van der Waals surface area contributed by atoms with Crippen molar-refractivity contribution in [2.45, 2.75) is 16.2 Å². The number of hydrazine groups is 1. The van der Waals surface area contributed by atoms with Crippen molar-refractivity contribution in [2.75, 3.05) is 38.2 Å². The average molecular weight is 562 g/mol. The van der Waals surface area contributed by atoms with Crippen LogP contribution in [0.25, 0.3) is 0 Å². The fraction of sp³-hybridized carbons (Fsp3) is 0.300. The molecule has 2 aromatic rings. The number of rotatable bonds is 8. The normalized spacial score (nSPS) is 14.8. The van der Waals surface area contributed by atoms with Crippen LogP contribution in [-0.2, 0) is 29.6 Å². The van der Waals surface area contributed by atoms with Gasteiger partial charge in [0.15, 0.2) is 5.11 Å². The number of carbonyl (C=O) groups excluding carboxylic acids is 1. The summed E-state index contributed by atoms with van der Waals surface area (Å²) in [7, 11) is -7.37. The number of nitrogens with one attached hydrogen (secondary N) is 4. The number of halogens is 1. The van der Waals surface area contributed by atoms with Crippen LogP contribution in [0, 0.1) is 0 Å². The molecule has 11 nitrogen and oxygen atoms in total. The quantitative estimate of drug-likeness (QED) is 0.274. The van der Waals surface area contributed by atoms with Crippen molar-refractivity contribution < 1.29 is 26.4 Å². The largest absolute Gasteiger partial charge is 0.379 e. The first kappa shape index (κ1) is 27.3. The first-order valence-electron chi connectivity index (χ1n) is 10.4. The SMILES string of the molecule is O=C(CCNS(=O)(=O)c1ccc(Cl)cc1)NNC(=S)Nc1ccc(S(=O)(=O)N2CCOCC2)cc1. The zero-order valence-electron chi connectivity index (χ0n) is 18.4. The van der Waals surface area contributed by atoms with Gasteiger partial charge in [0, 0.05) is 36.8 Å². The van der Waals surface area contributed by atoms with Gasteiger partial charge >= 0.3 is 0 Å². The Morgan fingerprint density at radius 1 is 0.943 bits per heavy atom. The van der Waals surface area contributed by atoms with Gasteiger partial charge in [-0.15, -0.1) is 0 Å². The maximum absolute atomic E-state index is 12.7. The Bertz CT molecular complexity index is 1250. The zero-order chi connectivity index (χ0) is 25.5. The Kier molecular flexibility index (Phi) is 9.40. The molecule has 15 heteroatoms. The molecule has 190 valence electrons. The number of morpholine rings is 1. The summed E-state index contributed by atoms with van der Waals surface area (Å²) in [5.74, 6) is -0.500. The highest BCUT2D eigenvalue weighted by Gasteiger charge is 2.26. The van der Waals surface area contributed by atoms with E-state index in [0.29, 0.717) is 37.0 Å². The monoisotopic (exact) mass is 561 g/mol. The number of carbonyl (C=O) groups is 1. The molecule has 0 atom stereocenters. The number of hydrogen-bond donors (Lipinski definition) is 4. The van der Waals surface area contributed by atoms with E-state index in [0.717, 1.165) is 0 Å². The number of amides is 1. The minimum absolute atomic E-state index is 0.0366. The summed E-state index contributed by atoms with van der Waals surface area (Å²) in [5, 5.41) is 3.29. The van der Waals surface area contributed by atoms with Crippen LogP contribution in [-0.4, -0.2) is 65.0 Å². The highest BCUT2D eigenvalue weighted by atomic mass is 35.5. The number of ether oxygens (including phenoxy) is 1. The number of nitrogens with zero attached hydrogens (tertiary/aromatic N) is 1. The third kappa shape index (κ3) is 7.83. The smallest absolute Gasteiger partial charge is 0.243 e. The molecule has 4 N–H and O–H groups in total. The van der Waals surface area contributed by atoms with Gasteiger partial charge in [0.05, 0.1) is 23.0 Å². The molecule has 1 fully saturated rings. The second-order valence-corrected chi connectivity index (χ2v) is 11.8. The molecule has 0 saturated carbocycles. The Morgan fingerprint density at radius 3 is 2.17 bits per heavy atom. The van der Waals surface area contributed by atoms with Crippen LogP contribution >= 0.6 is 23.8 Å². The molecular weight excluding hydrogens is 538 g/mol. The van der Waals surface area contributed by atoms with Gasteiger partial charge in [-0.25, -0.2) is 21.6 Å². The Morgan fingerprint density at radius 2 is 1.54 bits per heavy atom. The van der Waals surface area contributed by atoms with Crippen LogP contribution in [0.1, 0.15) is 6.42 Å². The van der Waals surface area contributed by atoms with Crippen molar-refractivity contribution in [2.24, 2.45) is 0 Å². The summed E-state index contributed by atoms with van der Waals surface area (Å²) >= 11 is 10.9. The van der Waals surface area contributed by atoms with Gasteiger partial charge in [0.25, 0.3) is 0 Å². The summed E-state index contributed by atoms with van der Waals surface area (Å²) in [6, 6.07) is 11.7. The molecular formula is C20H24ClN5O6S3. The van der Waals surface area contributed by atoms with E-state index < -0.39 is 26.0 Å². The summed E-state index contributed by atoms with van der Waals surface area (Å²) in [6.07, 6.45) is -0.142. The third-order valence-corrected chi connectivity index (χ3v) is 8.65. The number of anilines is 1. The summed E-state index contributed by atoms with van der Waals surface area (Å²) in [4.78, 5) is 12.2. The van der Waals surface area contributed by atoms with Crippen LogP contribution in [0.4, 0.5) is 5.69 Å². The van der Waals surface area contributed by atoms with Crippen molar-refractivity contribution in [1.82, 2.24) is 19.9 Å². The van der Waals surface area contributed by atoms with Crippen molar-refractivity contribution in [1.29, 1.82) is 0 Å². The highest BCUT2D eigenvalue weighted by Crippen LogP contribution is 2.19. The fourth-order valence-corrected chi connectivity index (χ4v) is 5.73. The van der Waals surface area contributed by atoms with E-state index in [4.69, 9.17) is 28.6 Å². The Balaban J connectivity index is 1.41. The van der Waals surface area contributed by atoms with Crippen molar-refractivity contribution >= 4 is 60.6 Å². The lowest BCUT2D eigenvalue weighted by atomic mass is 10.3. The average Bonchev–Trinajstić information content (AvgIpc) is 2.84. The molecule has 1 saturated heterocycles. The third-order valence-electron chi connectivity index (χ3n) is 4.80. The Labute approximate surface area is 214 Å². The summed E-state index contributed by atoms with van der Waals surface area (Å²) in [5.41, 5.74) is 5.36. The lowest BCUT2D eigenvalue weighted by Gasteiger charge is -2.26. The maximum atomic E-state index is 12.7. The molecule has 1 heterocycles. The van der Waals surface area contributed by atoms with Gasteiger partial charge in [-0.2, -0.15) is 4.31 Å². The molecule has 1 aliphatic rings. The van der Waals surface area contributed by atoms with Gasteiger partial charge in [0.1, 0.15) is 0 Å². The van der Waals surface area contributed by atoms with Crippen molar-refractivity contribution in [3.05, 3.63) is 53.6 Å². The van der Waals surface area contributed by atoms with Gasteiger partial charge in [0.2, 0.25) is 26.0 Å². The predicted octanol–water partition coefficient (Wildman–Crippen LogP) is 1.05. The molecule has 2 aromatic carbocycles. The van der Waals surface area contributed by atoms with Crippen LogP contribution in [0.5, 0.6) is 0 Å². The molecule has 35 heavy (non-hydrogen) atoms. The van der Waals surface area contributed by atoms with Gasteiger partial charge < -0.3 is 10.1 Å². The van der Waals surface area contributed by atoms with Crippen LogP contribution in [0.3, 0.4) is 0 Å². The van der Waals surface area contributed by atoms with E-state index in [2.05, 4.69) is 20.9 Å². The maximum Gasteiger partial charge on any atom is 0.243 e. The van der Waals surface area contributed by atoms with Crippen LogP contribution < -0.4 is 20.9 Å². The number of sulfonamides is 2. The first-order valence-corrected chi connectivity index (χ1v) is 14.1. The van der Waals surface area contributed by atoms with E-state index in [1.54, 1.807) is 12.1 Å². The molecule has 1 amide bonds. The van der Waals surface area contributed by atoms with Crippen LogP contribution in [0.2, 0.25) is 5.02 Å². The predicted molar refractivity (Wildman–Crippen MR) is 135 cm³/mol. The zero-order valence-corrected chi connectivity index (χ0v) is 21.6. The second-order valence-electron chi connectivity index (χ2n) is 7.27. The first-order chi connectivity index (χ1) is 16.6. The molecule has 1 aliphatic heterocycles. The molecule has 0 spiro atoms.